The molecule has 2 aromatic rings. The van der Waals surface area contributed by atoms with Gasteiger partial charge in [-0.1, -0.05) is 48.0 Å². The highest BCUT2D eigenvalue weighted by molar-refractivity contribution is 5.94. The van der Waals surface area contributed by atoms with Crippen LogP contribution >= 0.6 is 0 Å². The van der Waals surface area contributed by atoms with Crippen molar-refractivity contribution < 1.29 is 4.39 Å². The van der Waals surface area contributed by atoms with Gasteiger partial charge in [0.25, 0.3) is 0 Å². The minimum atomic E-state index is -0.198. The first-order chi connectivity index (χ1) is 11.6. The molecule has 3 rings (SSSR count). The number of aryl methyl sites for hydroxylation is 2. The molecule has 122 valence electrons. The number of halogens is 1. The number of benzene rings is 2. The van der Waals surface area contributed by atoms with Gasteiger partial charge in [-0.2, -0.15) is 0 Å². The third-order valence-corrected chi connectivity index (χ3v) is 4.38. The molecule has 0 unspecified atom stereocenters. The molecule has 1 aliphatic rings. The van der Waals surface area contributed by atoms with Gasteiger partial charge in [0.15, 0.2) is 0 Å². The van der Waals surface area contributed by atoms with Crippen molar-refractivity contribution in [2.45, 2.75) is 26.7 Å². The van der Waals surface area contributed by atoms with Gasteiger partial charge in [-0.15, -0.1) is 0 Å². The number of hydrogen-bond donors (Lipinski definition) is 1. The van der Waals surface area contributed by atoms with Crippen LogP contribution in [0.5, 0.6) is 0 Å². The van der Waals surface area contributed by atoms with Gasteiger partial charge in [0, 0.05) is 11.3 Å². The van der Waals surface area contributed by atoms with Crippen molar-refractivity contribution in [3.05, 3.63) is 94.0 Å². The molecule has 24 heavy (non-hydrogen) atoms. The lowest BCUT2D eigenvalue weighted by molar-refractivity contribution is 0.625. The number of allylic oxidation sites excluding steroid dienone is 5. The van der Waals surface area contributed by atoms with Gasteiger partial charge in [-0.05, 0) is 67.2 Å². The van der Waals surface area contributed by atoms with E-state index in [0.717, 1.165) is 46.4 Å². The Balaban J connectivity index is 2.22. The predicted molar refractivity (Wildman–Crippen MR) is 99.8 cm³/mol. The first-order valence-electron chi connectivity index (χ1n) is 8.27. The second-order valence-electron chi connectivity index (χ2n) is 6.21. The molecule has 1 nitrogen and oxygen atoms in total. The van der Waals surface area contributed by atoms with Crippen LogP contribution in [-0.2, 0) is 6.42 Å². The summed E-state index contributed by atoms with van der Waals surface area (Å²) in [6.07, 6.45) is 7.68. The Morgan fingerprint density at radius 1 is 1.04 bits per heavy atom. The SMILES string of the molecule is C/C=C\C1=C(N)CCc2cc(F)ccc2/C1=C/c1ccc(C)cc1. The van der Waals surface area contributed by atoms with E-state index in [9.17, 15) is 4.39 Å². The van der Waals surface area contributed by atoms with Crippen LogP contribution in [-0.4, -0.2) is 0 Å². The van der Waals surface area contributed by atoms with Crippen molar-refractivity contribution in [3.63, 3.8) is 0 Å². The normalized spacial score (nSPS) is 16.5. The van der Waals surface area contributed by atoms with Crippen molar-refractivity contribution in [2.75, 3.05) is 0 Å². The average molecular weight is 319 g/mol. The molecule has 2 heteroatoms. The topological polar surface area (TPSA) is 26.0 Å². The van der Waals surface area contributed by atoms with Crippen molar-refractivity contribution in [1.82, 2.24) is 0 Å². The summed E-state index contributed by atoms with van der Waals surface area (Å²) in [6.45, 7) is 4.06. The lowest BCUT2D eigenvalue weighted by Gasteiger charge is -2.13. The van der Waals surface area contributed by atoms with Gasteiger partial charge in [-0.3, -0.25) is 0 Å². The molecule has 0 spiro atoms. The summed E-state index contributed by atoms with van der Waals surface area (Å²) in [5, 5.41) is 0. The van der Waals surface area contributed by atoms with E-state index in [2.05, 4.69) is 37.3 Å². The molecular formula is C22H22FN. The number of fused-ring (bicyclic) bond motifs is 1. The van der Waals surface area contributed by atoms with Crippen molar-refractivity contribution in [3.8, 4) is 0 Å². The van der Waals surface area contributed by atoms with Crippen molar-refractivity contribution in [1.29, 1.82) is 0 Å². The van der Waals surface area contributed by atoms with E-state index >= 15 is 0 Å². The van der Waals surface area contributed by atoms with Crippen LogP contribution in [0.2, 0.25) is 0 Å². The Morgan fingerprint density at radius 2 is 1.79 bits per heavy atom. The van der Waals surface area contributed by atoms with E-state index in [1.807, 2.05) is 25.1 Å². The highest BCUT2D eigenvalue weighted by atomic mass is 19.1. The van der Waals surface area contributed by atoms with Crippen LogP contribution in [0, 0.1) is 12.7 Å². The summed E-state index contributed by atoms with van der Waals surface area (Å²) < 4.78 is 13.7. The second-order valence-corrected chi connectivity index (χ2v) is 6.21. The first-order valence-corrected chi connectivity index (χ1v) is 8.27. The molecule has 2 aromatic carbocycles. The van der Waals surface area contributed by atoms with Crippen LogP contribution in [0.15, 0.2) is 65.9 Å². The fourth-order valence-electron chi connectivity index (χ4n) is 3.10. The number of hydrogen-bond acceptors (Lipinski definition) is 1. The summed E-state index contributed by atoms with van der Waals surface area (Å²) >= 11 is 0. The summed E-state index contributed by atoms with van der Waals surface area (Å²) in [7, 11) is 0. The monoisotopic (exact) mass is 319 g/mol. The summed E-state index contributed by atoms with van der Waals surface area (Å²) in [5.41, 5.74) is 13.7. The fraction of sp³-hybridized carbons (Fsp3) is 0.182. The Bertz CT molecular complexity index is 839. The summed E-state index contributed by atoms with van der Waals surface area (Å²) in [4.78, 5) is 0. The molecule has 0 fully saturated rings. The Morgan fingerprint density at radius 3 is 2.50 bits per heavy atom. The molecule has 0 amide bonds. The van der Waals surface area contributed by atoms with Crippen LogP contribution in [0.25, 0.3) is 11.6 Å². The highest BCUT2D eigenvalue weighted by Gasteiger charge is 2.18. The van der Waals surface area contributed by atoms with Crippen molar-refractivity contribution >= 4 is 11.6 Å². The molecular weight excluding hydrogens is 297 g/mol. The maximum absolute atomic E-state index is 13.7. The molecule has 0 saturated heterocycles. The van der Waals surface area contributed by atoms with Gasteiger partial charge in [0.1, 0.15) is 5.82 Å². The molecule has 0 radical (unpaired) electrons. The van der Waals surface area contributed by atoms with E-state index in [-0.39, 0.29) is 5.82 Å². The lowest BCUT2D eigenvalue weighted by atomic mass is 9.92. The fourth-order valence-corrected chi connectivity index (χ4v) is 3.10. The quantitative estimate of drug-likeness (QED) is 0.787. The zero-order chi connectivity index (χ0) is 17.1. The van der Waals surface area contributed by atoms with E-state index in [1.165, 1.54) is 11.6 Å². The third-order valence-electron chi connectivity index (χ3n) is 4.38. The largest absolute Gasteiger partial charge is 0.402 e. The van der Waals surface area contributed by atoms with E-state index < -0.39 is 0 Å². The van der Waals surface area contributed by atoms with E-state index in [1.54, 1.807) is 6.07 Å². The third kappa shape index (κ3) is 3.33. The van der Waals surface area contributed by atoms with E-state index in [4.69, 9.17) is 5.73 Å². The van der Waals surface area contributed by atoms with Crippen molar-refractivity contribution in [2.24, 2.45) is 5.73 Å². The number of rotatable bonds is 2. The van der Waals surface area contributed by atoms with Gasteiger partial charge >= 0.3 is 0 Å². The maximum atomic E-state index is 13.7. The standard InChI is InChI=1S/C22H22FN/c1-3-4-20-21(13-16-7-5-15(2)6-8-16)19-11-10-18(23)14-17(19)9-12-22(20)24/h3-8,10-11,13-14H,9,12,24H2,1-2H3/b4-3-,21-13-. The Kier molecular flexibility index (Phi) is 4.66. The minimum absolute atomic E-state index is 0.198. The summed E-state index contributed by atoms with van der Waals surface area (Å²) in [6, 6.07) is 13.4. The predicted octanol–water partition coefficient (Wildman–Crippen LogP) is 5.41. The highest BCUT2D eigenvalue weighted by Crippen LogP contribution is 2.35. The van der Waals surface area contributed by atoms with Gasteiger partial charge in [0.2, 0.25) is 0 Å². The zero-order valence-corrected chi connectivity index (χ0v) is 14.1. The van der Waals surface area contributed by atoms with Gasteiger partial charge < -0.3 is 5.73 Å². The summed E-state index contributed by atoms with van der Waals surface area (Å²) in [5.74, 6) is -0.198. The van der Waals surface area contributed by atoms with Crippen LogP contribution in [0.1, 0.15) is 35.6 Å². The van der Waals surface area contributed by atoms with Crippen LogP contribution in [0.4, 0.5) is 4.39 Å². The molecule has 1 aliphatic carbocycles. The molecule has 2 N–H and O–H groups in total. The van der Waals surface area contributed by atoms with Gasteiger partial charge in [0.05, 0.1) is 0 Å². The molecule has 0 heterocycles. The first kappa shape index (κ1) is 16.3. The maximum Gasteiger partial charge on any atom is 0.123 e. The van der Waals surface area contributed by atoms with Crippen LogP contribution in [0.3, 0.4) is 0 Å². The average Bonchev–Trinajstić information content (AvgIpc) is 2.69. The molecule has 0 saturated carbocycles. The Hall–Kier alpha value is -2.61. The second kappa shape index (κ2) is 6.88. The van der Waals surface area contributed by atoms with Gasteiger partial charge in [-0.25, -0.2) is 4.39 Å². The lowest BCUT2D eigenvalue weighted by Crippen LogP contribution is -2.01. The smallest absolute Gasteiger partial charge is 0.123 e. The molecule has 0 bridgehead atoms. The zero-order valence-electron chi connectivity index (χ0n) is 14.1. The molecule has 0 aliphatic heterocycles. The molecule has 0 aromatic heterocycles. The van der Waals surface area contributed by atoms with Crippen LogP contribution < -0.4 is 5.73 Å². The van der Waals surface area contributed by atoms with E-state index in [0.29, 0.717) is 0 Å². The molecule has 0 atom stereocenters. The number of nitrogens with two attached hydrogens (primary N) is 1. The Labute approximate surface area is 143 Å². The minimum Gasteiger partial charge on any atom is -0.402 e.